The van der Waals surface area contributed by atoms with Gasteiger partial charge in [0.25, 0.3) is 0 Å². The Labute approximate surface area is 104 Å². The van der Waals surface area contributed by atoms with Crippen LogP contribution >= 0.6 is 15.9 Å². The number of hydrogen-bond acceptors (Lipinski definition) is 1. The summed E-state index contributed by atoms with van der Waals surface area (Å²) in [6.07, 6.45) is 6.82. The molecule has 1 nitrogen and oxygen atoms in total. The molecule has 2 heteroatoms. The van der Waals surface area contributed by atoms with E-state index in [2.05, 4.69) is 52.3 Å². The number of hydrogen-bond donors (Lipinski definition) is 0. The van der Waals surface area contributed by atoms with E-state index in [9.17, 15) is 4.79 Å². The van der Waals surface area contributed by atoms with Crippen LogP contribution in [0.3, 0.4) is 0 Å². The van der Waals surface area contributed by atoms with Crippen molar-refractivity contribution in [3.8, 4) is 0 Å². The lowest BCUT2D eigenvalue weighted by Gasteiger charge is -2.24. The highest BCUT2D eigenvalue weighted by atomic mass is 79.9. The van der Waals surface area contributed by atoms with Crippen molar-refractivity contribution in [2.45, 2.75) is 12.3 Å². The Morgan fingerprint density at radius 2 is 1.81 bits per heavy atom. The van der Waals surface area contributed by atoms with Gasteiger partial charge >= 0.3 is 0 Å². The smallest absolute Gasteiger partial charge is 0.124 e. The molecule has 0 radical (unpaired) electrons. The Bertz CT molecular complexity index is 435. The standard InChI is InChI=1S/C14H13BrO/c15-12-5-3-9(4-6-12)14-11-2-1-10(7-11)13(14)8-16/h1-6,8,10-11,13-14H,7H2/t10-,11+,13-,14-/m1/s1. The van der Waals surface area contributed by atoms with E-state index in [1.54, 1.807) is 0 Å². The zero-order chi connectivity index (χ0) is 11.1. The number of carbonyl (C=O) groups excluding carboxylic acids is 1. The summed E-state index contributed by atoms with van der Waals surface area (Å²) in [5, 5.41) is 0. The summed E-state index contributed by atoms with van der Waals surface area (Å²) in [6.45, 7) is 0. The van der Waals surface area contributed by atoms with E-state index >= 15 is 0 Å². The molecule has 3 rings (SSSR count). The Morgan fingerprint density at radius 1 is 1.12 bits per heavy atom. The van der Waals surface area contributed by atoms with E-state index in [0.717, 1.165) is 17.2 Å². The van der Waals surface area contributed by atoms with Gasteiger partial charge in [0.1, 0.15) is 6.29 Å². The first-order chi connectivity index (χ1) is 7.79. The molecule has 0 unspecified atom stereocenters. The minimum absolute atomic E-state index is 0.191. The van der Waals surface area contributed by atoms with E-state index < -0.39 is 0 Å². The van der Waals surface area contributed by atoms with Crippen molar-refractivity contribution in [3.05, 3.63) is 46.5 Å². The van der Waals surface area contributed by atoms with Crippen molar-refractivity contribution in [2.24, 2.45) is 17.8 Å². The van der Waals surface area contributed by atoms with Gasteiger partial charge in [-0.05, 0) is 36.0 Å². The molecule has 0 aromatic heterocycles. The number of allylic oxidation sites excluding steroid dienone is 2. The largest absolute Gasteiger partial charge is 0.303 e. The maximum Gasteiger partial charge on any atom is 0.124 e. The Kier molecular flexibility index (Phi) is 2.47. The number of halogens is 1. The predicted molar refractivity (Wildman–Crippen MR) is 67.2 cm³/mol. The summed E-state index contributed by atoms with van der Waals surface area (Å²) in [4.78, 5) is 11.2. The van der Waals surface area contributed by atoms with E-state index in [1.807, 2.05) is 0 Å². The number of rotatable bonds is 2. The zero-order valence-corrected chi connectivity index (χ0v) is 10.4. The second-order valence-electron chi connectivity index (χ2n) is 4.74. The molecule has 0 heterocycles. The van der Waals surface area contributed by atoms with Crippen molar-refractivity contribution in [1.82, 2.24) is 0 Å². The van der Waals surface area contributed by atoms with Crippen LogP contribution in [-0.4, -0.2) is 6.29 Å². The van der Waals surface area contributed by atoms with E-state index in [-0.39, 0.29) is 5.92 Å². The average molecular weight is 277 g/mol. The summed E-state index contributed by atoms with van der Waals surface area (Å²) in [5.74, 6) is 1.65. The van der Waals surface area contributed by atoms with Gasteiger partial charge in [0.2, 0.25) is 0 Å². The highest BCUT2D eigenvalue weighted by molar-refractivity contribution is 9.10. The topological polar surface area (TPSA) is 17.1 Å². The lowest BCUT2D eigenvalue weighted by molar-refractivity contribution is -0.112. The van der Waals surface area contributed by atoms with Gasteiger partial charge in [0.15, 0.2) is 0 Å². The molecule has 0 amide bonds. The first-order valence-corrected chi connectivity index (χ1v) is 6.48. The highest BCUT2D eigenvalue weighted by Crippen LogP contribution is 2.52. The third-order valence-electron chi connectivity index (χ3n) is 3.93. The summed E-state index contributed by atoms with van der Waals surface area (Å²) in [6, 6.07) is 8.40. The number of aldehydes is 1. The van der Waals surface area contributed by atoms with E-state index in [0.29, 0.717) is 17.8 Å². The molecule has 0 aliphatic heterocycles. The zero-order valence-electron chi connectivity index (χ0n) is 8.84. The fourth-order valence-electron chi connectivity index (χ4n) is 3.20. The lowest BCUT2D eigenvalue weighted by atomic mass is 9.79. The molecular formula is C14H13BrO. The molecular weight excluding hydrogens is 264 g/mol. The molecule has 1 aromatic rings. The van der Waals surface area contributed by atoms with Gasteiger partial charge in [0.05, 0.1) is 0 Å². The lowest BCUT2D eigenvalue weighted by Crippen LogP contribution is -2.18. The first-order valence-electron chi connectivity index (χ1n) is 5.68. The van der Waals surface area contributed by atoms with Crippen LogP contribution in [0.2, 0.25) is 0 Å². The van der Waals surface area contributed by atoms with Crippen molar-refractivity contribution in [2.75, 3.05) is 0 Å². The molecule has 2 aliphatic carbocycles. The van der Waals surface area contributed by atoms with Crippen molar-refractivity contribution < 1.29 is 4.79 Å². The molecule has 1 fully saturated rings. The van der Waals surface area contributed by atoms with Crippen LogP contribution in [0.25, 0.3) is 0 Å². The van der Waals surface area contributed by atoms with Crippen molar-refractivity contribution >= 4 is 22.2 Å². The molecule has 0 N–H and O–H groups in total. The molecule has 1 aromatic carbocycles. The van der Waals surface area contributed by atoms with Crippen LogP contribution in [0.15, 0.2) is 40.9 Å². The molecule has 2 bridgehead atoms. The monoisotopic (exact) mass is 276 g/mol. The van der Waals surface area contributed by atoms with E-state index in [4.69, 9.17) is 0 Å². The van der Waals surface area contributed by atoms with Gasteiger partial charge in [-0.3, -0.25) is 0 Å². The molecule has 82 valence electrons. The van der Waals surface area contributed by atoms with Crippen molar-refractivity contribution in [3.63, 3.8) is 0 Å². The number of benzene rings is 1. The van der Waals surface area contributed by atoms with Crippen LogP contribution in [0.4, 0.5) is 0 Å². The first kappa shape index (κ1) is 10.3. The number of carbonyl (C=O) groups is 1. The van der Waals surface area contributed by atoms with Gasteiger partial charge in [-0.1, -0.05) is 40.2 Å². The van der Waals surface area contributed by atoms with E-state index in [1.165, 1.54) is 5.56 Å². The third kappa shape index (κ3) is 1.47. The maximum absolute atomic E-state index is 11.2. The minimum Gasteiger partial charge on any atom is -0.303 e. The summed E-state index contributed by atoms with van der Waals surface area (Å²) in [5.41, 5.74) is 1.30. The molecule has 4 atom stereocenters. The van der Waals surface area contributed by atoms with Gasteiger partial charge in [-0.2, -0.15) is 0 Å². The Morgan fingerprint density at radius 3 is 2.50 bits per heavy atom. The van der Waals surface area contributed by atoms with Gasteiger partial charge in [-0.15, -0.1) is 0 Å². The Hall–Kier alpha value is -0.890. The number of fused-ring (bicyclic) bond motifs is 2. The highest BCUT2D eigenvalue weighted by Gasteiger charge is 2.44. The van der Waals surface area contributed by atoms with Crippen LogP contribution in [0.1, 0.15) is 17.9 Å². The fraction of sp³-hybridized carbons (Fsp3) is 0.357. The van der Waals surface area contributed by atoms with Gasteiger partial charge in [0, 0.05) is 16.3 Å². The van der Waals surface area contributed by atoms with Gasteiger partial charge in [-0.25, -0.2) is 0 Å². The summed E-state index contributed by atoms with van der Waals surface area (Å²) in [7, 11) is 0. The van der Waals surface area contributed by atoms with Gasteiger partial charge < -0.3 is 4.79 Å². The predicted octanol–water partition coefficient (Wildman–Crippen LogP) is 3.55. The quantitative estimate of drug-likeness (QED) is 0.596. The SMILES string of the molecule is O=C[C@H]1[C@H](c2ccc(Br)cc2)[C@H]2C=C[C@@H]1C2. The van der Waals surface area contributed by atoms with Crippen LogP contribution in [-0.2, 0) is 4.79 Å². The van der Waals surface area contributed by atoms with Crippen molar-refractivity contribution in [1.29, 1.82) is 0 Å². The molecule has 16 heavy (non-hydrogen) atoms. The third-order valence-corrected chi connectivity index (χ3v) is 4.46. The summed E-state index contributed by atoms with van der Waals surface area (Å²) < 4.78 is 1.10. The Balaban J connectivity index is 1.97. The van der Waals surface area contributed by atoms with Crippen LogP contribution in [0, 0.1) is 17.8 Å². The maximum atomic E-state index is 11.2. The fourth-order valence-corrected chi connectivity index (χ4v) is 3.46. The van der Waals surface area contributed by atoms with Crippen LogP contribution < -0.4 is 0 Å². The average Bonchev–Trinajstić information content (AvgIpc) is 2.89. The molecule has 0 spiro atoms. The second-order valence-corrected chi connectivity index (χ2v) is 5.65. The minimum atomic E-state index is 0.191. The van der Waals surface area contributed by atoms with Crippen LogP contribution in [0.5, 0.6) is 0 Å². The molecule has 2 aliphatic rings. The summed E-state index contributed by atoms with van der Waals surface area (Å²) >= 11 is 3.44. The molecule has 0 saturated heterocycles. The second kappa shape index (κ2) is 3.85. The normalized spacial score (nSPS) is 35.6. The molecule has 1 saturated carbocycles.